The predicted molar refractivity (Wildman–Crippen MR) is 101 cm³/mol. The molecule has 0 spiro atoms. The topological polar surface area (TPSA) is 87.2 Å². The zero-order chi connectivity index (χ0) is 18.7. The number of aromatic nitrogens is 2. The third kappa shape index (κ3) is 3.58. The Kier molecular flexibility index (Phi) is 5.27. The van der Waals surface area contributed by atoms with E-state index in [-0.39, 0.29) is 29.1 Å². The van der Waals surface area contributed by atoms with Gasteiger partial charge in [0.15, 0.2) is 0 Å². The van der Waals surface area contributed by atoms with Gasteiger partial charge in [0.25, 0.3) is 11.1 Å². The molecule has 1 heterocycles. The zero-order valence-corrected chi connectivity index (χ0v) is 15.4. The van der Waals surface area contributed by atoms with Crippen LogP contribution in [0, 0.1) is 0 Å². The van der Waals surface area contributed by atoms with E-state index in [0.717, 1.165) is 30.4 Å². The summed E-state index contributed by atoms with van der Waals surface area (Å²) in [6.07, 6.45) is 5.65. The molecule has 1 fully saturated rings. The fourth-order valence-corrected chi connectivity index (χ4v) is 3.81. The van der Waals surface area contributed by atoms with E-state index in [0.29, 0.717) is 17.3 Å². The molecular weight excluding hydrogens is 332 g/mol. The van der Waals surface area contributed by atoms with Crippen LogP contribution in [-0.2, 0) is 11.3 Å². The highest BCUT2D eigenvalue weighted by molar-refractivity contribution is 5.81. The monoisotopic (exact) mass is 358 g/mol. The molecule has 0 bridgehead atoms. The van der Waals surface area contributed by atoms with Crippen molar-refractivity contribution in [2.75, 3.05) is 20.6 Å². The molecule has 0 unspecified atom stereocenters. The van der Waals surface area contributed by atoms with Crippen LogP contribution in [0.25, 0.3) is 10.8 Å². The SMILES string of the molecule is CN(C)C1(CNC(=O)Cn2[nH]c(=O)c3ccccc3c2=O)CCCCC1. The van der Waals surface area contributed by atoms with Crippen molar-refractivity contribution in [2.45, 2.75) is 44.2 Å². The molecule has 1 amide bonds. The van der Waals surface area contributed by atoms with Crippen molar-refractivity contribution in [2.24, 2.45) is 0 Å². The van der Waals surface area contributed by atoms with E-state index >= 15 is 0 Å². The van der Waals surface area contributed by atoms with Gasteiger partial charge in [0.05, 0.1) is 10.8 Å². The van der Waals surface area contributed by atoms with E-state index in [1.807, 2.05) is 14.1 Å². The lowest BCUT2D eigenvalue weighted by Crippen LogP contribution is -2.54. The van der Waals surface area contributed by atoms with Gasteiger partial charge < -0.3 is 10.2 Å². The summed E-state index contributed by atoms with van der Waals surface area (Å²) in [7, 11) is 4.09. The molecular formula is C19H26N4O3. The lowest BCUT2D eigenvalue weighted by atomic mass is 9.80. The second-order valence-electron chi connectivity index (χ2n) is 7.33. The first kappa shape index (κ1) is 18.4. The fourth-order valence-electron chi connectivity index (χ4n) is 3.81. The van der Waals surface area contributed by atoms with Gasteiger partial charge in [0.2, 0.25) is 5.91 Å². The van der Waals surface area contributed by atoms with Crippen LogP contribution in [-0.4, -0.2) is 46.8 Å². The van der Waals surface area contributed by atoms with Crippen LogP contribution in [0.15, 0.2) is 33.9 Å². The van der Waals surface area contributed by atoms with E-state index in [2.05, 4.69) is 15.3 Å². The quantitative estimate of drug-likeness (QED) is 0.837. The lowest BCUT2D eigenvalue weighted by molar-refractivity contribution is -0.122. The number of carbonyl (C=O) groups excluding carboxylic acids is 1. The predicted octanol–water partition coefficient (Wildman–Crippen LogP) is 1.07. The number of nitrogens with one attached hydrogen (secondary N) is 2. The Bertz CT molecular complexity index is 907. The minimum absolute atomic E-state index is 0.0321. The summed E-state index contributed by atoms with van der Waals surface area (Å²) in [4.78, 5) is 39.2. The highest BCUT2D eigenvalue weighted by Gasteiger charge is 2.34. The molecule has 0 saturated heterocycles. The highest BCUT2D eigenvalue weighted by Crippen LogP contribution is 2.31. The van der Waals surface area contributed by atoms with Crippen LogP contribution < -0.4 is 16.4 Å². The van der Waals surface area contributed by atoms with Crippen LogP contribution in [0.3, 0.4) is 0 Å². The van der Waals surface area contributed by atoms with Gasteiger partial charge in [-0.15, -0.1) is 0 Å². The highest BCUT2D eigenvalue weighted by atomic mass is 16.2. The third-order valence-electron chi connectivity index (χ3n) is 5.53. The van der Waals surface area contributed by atoms with Crippen LogP contribution in [0.2, 0.25) is 0 Å². The number of fused-ring (bicyclic) bond motifs is 1. The molecule has 1 saturated carbocycles. The number of likely N-dealkylation sites (N-methyl/N-ethyl adjacent to an activating group) is 1. The normalized spacial score (nSPS) is 16.7. The largest absolute Gasteiger partial charge is 0.353 e. The summed E-state index contributed by atoms with van der Waals surface area (Å²) in [5, 5.41) is 6.11. The fraction of sp³-hybridized carbons (Fsp3) is 0.526. The number of hydrogen-bond acceptors (Lipinski definition) is 4. The van der Waals surface area contributed by atoms with Crippen molar-refractivity contribution in [1.29, 1.82) is 0 Å². The van der Waals surface area contributed by atoms with Gasteiger partial charge in [-0.2, -0.15) is 0 Å². The zero-order valence-electron chi connectivity index (χ0n) is 15.4. The molecule has 0 aliphatic heterocycles. The summed E-state index contributed by atoms with van der Waals surface area (Å²) in [5.41, 5.74) is -0.768. The maximum atomic E-state index is 12.5. The van der Waals surface area contributed by atoms with Crippen molar-refractivity contribution in [3.05, 3.63) is 45.0 Å². The number of amides is 1. The molecule has 1 aromatic carbocycles. The summed E-state index contributed by atoms with van der Waals surface area (Å²) in [6, 6.07) is 6.62. The Hall–Kier alpha value is -2.41. The Morgan fingerprint density at radius 3 is 2.46 bits per heavy atom. The smallest absolute Gasteiger partial charge is 0.273 e. The Morgan fingerprint density at radius 2 is 1.81 bits per heavy atom. The maximum Gasteiger partial charge on any atom is 0.273 e. The number of benzene rings is 1. The summed E-state index contributed by atoms with van der Waals surface area (Å²) >= 11 is 0. The maximum absolute atomic E-state index is 12.5. The molecule has 3 rings (SSSR count). The van der Waals surface area contributed by atoms with Crippen molar-refractivity contribution in [1.82, 2.24) is 20.0 Å². The second kappa shape index (κ2) is 7.45. The van der Waals surface area contributed by atoms with E-state index < -0.39 is 0 Å². The molecule has 1 aliphatic rings. The van der Waals surface area contributed by atoms with Gasteiger partial charge in [-0.25, -0.2) is 4.68 Å². The molecule has 2 N–H and O–H groups in total. The first-order valence-corrected chi connectivity index (χ1v) is 9.09. The van der Waals surface area contributed by atoms with Crippen molar-refractivity contribution < 1.29 is 4.79 Å². The minimum Gasteiger partial charge on any atom is -0.353 e. The van der Waals surface area contributed by atoms with Crippen LogP contribution in [0.1, 0.15) is 32.1 Å². The van der Waals surface area contributed by atoms with Crippen LogP contribution in [0.5, 0.6) is 0 Å². The Labute approximate surface area is 152 Å². The van der Waals surface area contributed by atoms with Gasteiger partial charge in [-0.05, 0) is 39.1 Å². The first-order valence-electron chi connectivity index (χ1n) is 9.09. The number of rotatable bonds is 5. The van der Waals surface area contributed by atoms with Crippen molar-refractivity contribution >= 4 is 16.7 Å². The molecule has 1 aromatic heterocycles. The van der Waals surface area contributed by atoms with E-state index in [1.54, 1.807) is 24.3 Å². The molecule has 2 aromatic rings. The summed E-state index contributed by atoms with van der Waals surface area (Å²) < 4.78 is 1.09. The molecule has 1 aliphatic carbocycles. The third-order valence-corrected chi connectivity index (χ3v) is 5.53. The Balaban J connectivity index is 1.74. The average molecular weight is 358 g/mol. The molecule has 0 atom stereocenters. The van der Waals surface area contributed by atoms with E-state index in [4.69, 9.17) is 0 Å². The molecule has 0 radical (unpaired) electrons. The molecule has 26 heavy (non-hydrogen) atoms. The van der Waals surface area contributed by atoms with Gasteiger partial charge in [-0.3, -0.25) is 19.5 Å². The molecule has 140 valence electrons. The van der Waals surface area contributed by atoms with Gasteiger partial charge in [0, 0.05) is 12.1 Å². The Morgan fingerprint density at radius 1 is 1.15 bits per heavy atom. The number of nitrogens with zero attached hydrogens (tertiary/aromatic N) is 2. The standard InChI is InChI=1S/C19H26N4O3/c1-22(2)19(10-6-3-7-11-19)13-20-16(24)12-23-18(26)15-9-5-4-8-14(15)17(25)21-23/h4-5,8-9H,3,6-7,10-13H2,1-2H3,(H,20,24)(H,21,25). The van der Waals surface area contributed by atoms with Crippen LogP contribution in [0.4, 0.5) is 0 Å². The lowest BCUT2D eigenvalue weighted by Gasteiger charge is -2.43. The average Bonchev–Trinajstić information content (AvgIpc) is 2.65. The first-order chi connectivity index (χ1) is 12.4. The number of H-pyrrole nitrogens is 1. The number of hydrogen-bond donors (Lipinski definition) is 2. The van der Waals surface area contributed by atoms with Crippen molar-refractivity contribution in [3.63, 3.8) is 0 Å². The van der Waals surface area contributed by atoms with E-state index in [9.17, 15) is 14.4 Å². The molecule has 7 heteroatoms. The van der Waals surface area contributed by atoms with Gasteiger partial charge in [0.1, 0.15) is 6.54 Å². The van der Waals surface area contributed by atoms with Gasteiger partial charge in [-0.1, -0.05) is 31.4 Å². The number of carbonyl (C=O) groups is 1. The summed E-state index contributed by atoms with van der Waals surface area (Å²) in [5.74, 6) is -0.273. The summed E-state index contributed by atoms with van der Waals surface area (Å²) in [6.45, 7) is 0.355. The second-order valence-corrected chi connectivity index (χ2v) is 7.33. The van der Waals surface area contributed by atoms with Crippen LogP contribution >= 0.6 is 0 Å². The van der Waals surface area contributed by atoms with E-state index in [1.165, 1.54) is 6.42 Å². The van der Waals surface area contributed by atoms with Crippen molar-refractivity contribution in [3.8, 4) is 0 Å². The van der Waals surface area contributed by atoms with Gasteiger partial charge >= 0.3 is 0 Å². The minimum atomic E-state index is -0.370. The molecule has 7 nitrogen and oxygen atoms in total. The number of aromatic amines is 1.